The summed E-state index contributed by atoms with van der Waals surface area (Å²) in [6.45, 7) is 2.08. The lowest BCUT2D eigenvalue weighted by molar-refractivity contribution is -0.274. The number of hydrogen-bond acceptors (Lipinski definition) is 5. The molecule has 0 aliphatic heterocycles. The number of carbonyl (C=O) groups excluding carboxylic acids is 1. The van der Waals surface area contributed by atoms with Gasteiger partial charge in [-0.05, 0) is 43.3 Å². The summed E-state index contributed by atoms with van der Waals surface area (Å²) in [6.07, 6.45) is -3.21. The summed E-state index contributed by atoms with van der Waals surface area (Å²) in [5.74, 6) is -0.137. The fraction of sp³-hybridized carbons (Fsp3) is 0.176. The zero-order chi connectivity index (χ0) is 18.7. The molecule has 5 nitrogen and oxygen atoms in total. The van der Waals surface area contributed by atoms with Crippen LogP contribution in [0.15, 0.2) is 47.1 Å². The van der Waals surface area contributed by atoms with Gasteiger partial charge >= 0.3 is 6.36 Å². The number of aryl methyl sites for hydroxylation is 1. The molecule has 0 fully saturated rings. The molecule has 1 N–H and O–H groups in total. The van der Waals surface area contributed by atoms with Crippen molar-refractivity contribution in [3.8, 4) is 16.5 Å². The van der Waals surface area contributed by atoms with Gasteiger partial charge in [-0.25, -0.2) is 4.98 Å². The van der Waals surface area contributed by atoms with Gasteiger partial charge < -0.3 is 14.5 Å². The van der Waals surface area contributed by atoms with Gasteiger partial charge in [-0.2, -0.15) is 0 Å². The van der Waals surface area contributed by atoms with Crippen LogP contribution in [-0.2, 0) is 6.54 Å². The van der Waals surface area contributed by atoms with Crippen molar-refractivity contribution in [1.29, 1.82) is 0 Å². The summed E-state index contributed by atoms with van der Waals surface area (Å²) in [6, 6.07) is 8.28. The molecule has 3 aromatic rings. The summed E-state index contributed by atoms with van der Waals surface area (Å²) in [4.78, 5) is 17.4. The first kappa shape index (κ1) is 18.0. The maximum atomic E-state index is 12.2. The van der Waals surface area contributed by atoms with Crippen LogP contribution in [0.3, 0.4) is 0 Å². The van der Waals surface area contributed by atoms with Crippen molar-refractivity contribution in [3.05, 3.63) is 58.8 Å². The number of halogens is 3. The standard InChI is InChI=1S/C17H13F3N2O3S/c1-10-14(26-16(22-10)13-3-2-8-24-13)9-21-15(23)11-4-6-12(7-5-11)25-17(18,19)20/h2-8H,9H2,1H3,(H,21,23). The van der Waals surface area contributed by atoms with E-state index in [1.807, 2.05) is 6.92 Å². The Hall–Kier alpha value is -2.81. The van der Waals surface area contributed by atoms with Gasteiger partial charge in [0.2, 0.25) is 0 Å². The van der Waals surface area contributed by atoms with Crippen LogP contribution in [0.25, 0.3) is 10.8 Å². The molecule has 3 rings (SSSR count). The van der Waals surface area contributed by atoms with E-state index in [0.29, 0.717) is 10.8 Å². The SMILES string of the molecule is Cc1nc(-c2ccco2)sc1CNC(=O)c1ccc(OC(F)(F)F)cc1. The van der Waals surface area contributed by atoms with E-state index < -0.39 is 12.3 Å². The van der Waals surface area contributed by atoms with Gasteiger partial charge in [0.15, 0.2) is 10.8 Å². The fourth-order valence-corrected chi connectivity index (χ4v) is 3.14. The zero-order valence-electron chi connectivity index (χ0n) is 13.5. The molecular formula is C17H13F3N2O3S. The third kappa shape index (κ3) is 4.42. The number of amides is 1. The summed E-state index contributed by atoms with van der Waals surface area (Å²) >= 11 is 1.40. The van der Waals surface area contributed by atoms with E-state index >= 15 is 0 Å². The molecular weight excluding hydrogens is 369 g/mol. The van der Waals surface area contributed by atoms with E-state index in [-0.39, 0.29) is 17.9 Å². The van der Waals surface area contributed by atoms with Gasteiger partial charge in [0.25, 0.3) is 5.91 Å². The minimum absolute atomic E-state index is 0.230. The number of carbonyl (C=O) groups is 1. The van der Waals surface area contributed by atoms with Crippen LogP contribution >= 0.6 is 11.3 Å². The van der Waals surface area contributed by atoms with Crippen molar-refractivity contribution in [2.45, 2.75) is 19.8 Å². The number of nitrogens with one attached hydrogen (secondary N) is 1. The molecule has 2 aromatic heterocycles. The molecule has 0 bridgehead atoms. The van der Waals surface area contributed by atoms with Crippen LogP contribution in [0.5, 0.6) is 5.75 Å². The molecule has 0 radical (unpaired) electrons. The average molecular weight is 382 g/mol. The van der Waals surface area contributed by atoms with E-state index in [1.54, 1.807) is 18.4 Å². The number of alkyl halides is 3. The lowest BCUT2D eigenvalue weighted by atomic mass is 10.2. The van der Waals surface area contributed by atoms with Crippen molar-refractivity contribution in [3.63, 3.8) is 0 Å². The van der Waals surface area contributed by atoms with Crippen molar-refractivity contribution in [2.75, 3.05) is 0 Å². The highest BCUT2D eigenvalue weighted by Gasteiger charge is 2.31. The van der Waals surface area contributed by atoms with Crippen LogP contribution in [0, 0.1) is 6.92 Å². The molecule has 0 aliphatic carbocycles. The molecule has 136 valence electrons. The quantitative estimate of drug-likeness (QED) is 0.704. The molecule has 1 aromatic carbocycles. The third-order valence-electron chi connectivity index (χ3n) is 3.38. The largest absolute Gasteiger partial charge is 0.573 e. The number of benzene rings is 1. The van der Waals surface area contributed by atoms with Crippen molar-refractivity contribution >= 4 is 17.2 Å². The van der Waals surface area contributed by atoms with E-state index in [9.17, 15) is 18.0 Å². The van der Waals surface area contributed by atoms with Gasteiger partial charge in [-0.1, -0.05) is 0 Å². The predicted molar refractivity (Wildman–Crippen MR) is 88.8 cm³/mol. The van der Waals surface area contributed by atoms with Crippen LogP contribution in [-0.4, -0.2) is 17.3 Å². The van der Waals surface area contributed by atoms with Crippen molar-refractivity contribution in [1.82, 2.24) is 10.3 Å². The first-order valence-corrected chi connectivity index (χ1v) is 8.27. The average Bonchev–Trinajstić information content (AvgIpc) is 3.21. The number of thiazole rings is 1. The Morgan fingerprint density at radius 3 is 2.62 bits per heavy atom. The smallest absolute Gasteiger partial charge is 0.462 e. The normalized spacial score (nSPS) is 11.4. The van der Waals surface area contributed by atoms with E-state index in [4.69, 9.17) is 4.42 Å². The first-order chi connectivity index (χ1) is 12.3. The maximum Gasteiger partial charge on any atom is 0.573 e. The minimum atomic E-state index is -4.76. The second kappa shape index (κ2) is 7.20. The second-order valence-corrected chi connectivity index (χ2v) is 6.34. The Morgan fingerprint density at radius 1 is 1.27 bits per heavy atom. The number of furan rings is 1. The molecule has 0 unspecified atom stereocenters. The third-order valence-corrected chi connectivity index (χ3v) is 4.56. The zero-order valence-corrected chi connectivity index (χ0v) is 14.3. The van der Waals surface area contributed by atoms with Crippen LogP contribution in [0.2, 0.25) is 0 Å². The number of rotatable bonds is 5. The van der Waals surface area contributed by atoms with Gasteiger partial charge in [-0.15, -0.1) is 24.5 Å². The Labute approximate surface area is 150 Å². The molecule has 0 atom stereocenters. The number of ether oxygens (including phenoxy) is 1. The van der Waals surface area contributed by atoms with Gasteiger partial charge in [0.1, 0.15) is 5.75 Å². The summed E-state index contributed by atoms with van der Waals surface area (Å²) < 4.78 is 45.5. The second-order valence-electron chi connectivity index (χ2n) is 5.26. The van der Waals surface area contributed by atoms with Gasteiger partial charge in [0.05, 0.1) is 18.5 Å². The molecule has 0 saturated heterocycles. The highest BCUT2D eigenvalue weighted by atomic mass is 32.1. The Balaban J connectivity index is 1.62. The molecule has 26 heavy (non-hydrogen) atoms. The molecule has 0 aliphatic rings. The van der Waals surface area contributed by atoms with Crippen molar-refractivity contribution < 1.29 is 27.1 Å². The first-order valence-electron chi connectivity index (χ1n) is 7.46. The Morgan fingerprint density at radius 2 is 2.00 bits per heavy atom. The fourth-order valence-electron chi connectivity index (χ4n) is 2.17. The molecule has 0 saturated carbocycles. The number of hydrogen-bond donors (Lipinski definition) is 1. The van der Waals surface area contributed by atoms with Crippen molar-refractivity contribution in [2.24, 2.45) is 0 Å². The highest BCUT2D eigenvalue weighted by Crippen LogP contribution is 2.28. The van der Waals surface area contributed by atoms with Crippen LogP contribution < -0.4 is 10.1 Å². The molecule has 1 amide bonds. The number of aromatic nitrogens is 1. The van der Waals surface area contributed by atoms with E-state index in [1.165, 1.54) is 23.5 Å². The summed E-state index contributed by atoms with van der Waals surface area (Å²) in [5, 5.41) is 3.43. The van der Waals surface area contributed by atoms with E-state index in [0.717, 1.165) is 22.7 Å². The van der Waals surface area contributed by atoms with Gasteiger partial charge in [0, 0.05) is 10.4 Å². The number of nitrogens with zero attached hydrogens (tertiary/aromatic N) is 1. The summed E-state index contributed by atoms with van der Waals surface area (Å²) in [7, 11) is 0. The van der Waals surface area contributed by atoms with Crippen LogP contribution in [0.1, 0.15) is 20.9 Å². The Bertz CT molecular complexity index is 887. The predicted octanol–water partition coefficient (Wildman–Crippen LogP) is 4.54. The lowest BCUT2D eigenvalue weighted by Crippen LogP contribution is -2.22. The molecule has 0 spiro atoms. The maximum absolute atomic E-state index is 12.2. The molecule has 9 heteroatoms. The lowest BCUT2D eigenvalue weighted by Gasteiger charge is -2.09. The van der Waals surface area contributed by atoms with Gasteiger partial charge in [-0.3, -0.25) is 4.79 Å². The minimum Gasteiger partial charge on any atom is -0.462 e. The topological polar surface area (TPSA) is 64.4 Å². The summed E-state index contributed by atoms with van der Waals surface area (Å²) in [5.41, 5.74) is 1.00. The van der Waals surface area contributed by atoms with Crippen LogP contribution in [0.4, 0.5) is 13.2 Å². The molecule has 2 heterocycles. The highest BCUT2D eigenvalue weighted by molar-refractivity contribution is 7.15. The Kier molecular flexibility index (Phi) is 4.99. The monoisotopic (exact) mass is 382 g/mol. The van der Waals surface area contributed by atoms with E-state index in [2.05, 4.69) is 15.0 Å².